The molecule has 0 aliphatic carbocycles. The van der Waals surface area contributed by atoms with Gasteiger partial charge in [0.15, 0.2) is 5.96 Å². The van der Waals surface area contributed by atoms with Gasteiger partial charge in [-0.3, -0.25) is 0 Å². The molecule has 1 atom stereocenters. The molecular weight excluding hydrogens is 307 g/mol. The summed E-state index contributed by atoms with van der Waals surface area (Å²) in [6.45, 7) is 3.76. The third-order valence-electron chi connectivity index (χ3n) is 3.65. The Labute approximate surface area is 132 Å². The Bertz CT molecular complexity index is 592. The summed E-state index contributed by atoms with van der Waals surface area (Å²) in [5.41, 5.74) is 11.2. The maximum absolute atomic E-state index is 12.5. The van der Waals surface area contributed by atoms with Gasteiger partial charge in [-0.05, 0) is 43.0 Å². The fourth-order valence-corrected chi connectivity index (χ4v) is 2.47. The van der Waals surface area contributed by atoms with Crippen molar-refractivity contribution in [3.63, 3.8) is 0 Å². The summed E-state index contributed by atoms with van der Waals surface area (Å²) >= 11 is 0. The molecule has 1 aromatic rings. The zero-order chi connectivity index (χ0) is 17.0. The van der Waals surface area contributed by atoms with Crippen LogP contribution >= 0.6 is 0 Å². The number of halogens is 3. The molecule has 0 spiro atoms. The van der Waals surface area contributed by atoms with Crippen molar-refractivity contribution in [1.82, 2.24) is 4.90 Å². The summed E-state index contributed by atoms with van der Waals surface area (Å²) < 4.78 is 37.5. The van der Waals surface area contributed by atoms with E-state index >= 15 is 0 Å². The number of aliphatic imine (C=N–C) groups is 2. The zero-order valence-electron chi connectivity index (χ0n) is 12.8. The van der Waals surface area contributed by atoms with Crippen LogP contribution in [0.4, 0.5) is 18.9 Å². The third-order valence-corrected chi connectivity index (χ3v) is 3.65. The second-order valence-electron chi connectivity index (χ2n) is 5.68. The number of nitrogens with zero attached hydrogens (tertiary/aromatic N) is 3. The van der Waals surface area contributed by atoms with Gasteiger partial charge in [0.05, 0.1) is 11.3 Å². The van der Waals surface area contributed by atoms with Crippen LogP contribution in [0.25, 0.3) is 0 Å². The first-order valence-corrected chi connectivity index (χ1v) is 7.36. The van der Waals surface area contributed by atoms with E-state index in [4.69, 9.17) is 11.5 Å². The topological polar surface area (TPSA) is 80.0 Å². The summed E-state index contributed by atoms with van der Waals surface area (Å²) in [5.74, 6) is 0.732. The normalized spacial score (nSPS) is 20.7. The first kappa shape index (κ1) is 17.1. The summed E-state index contributed by atoms with van der Waals surface area (Å²) in [6.07, 6.45) is -2.19. The van der Waals surface area contributed by atoms with Crippen LogP contribution in [0, 0.1) is 5.92 Å². The first-order valence-electron chi connectivity index (χ1n) is 7.36. The first-order chi connectivity index (χ1) is 10.8. The quantitative estimate of drug-likeness (QED) is 0.615. The van der Waals surface area contributed by atoms with Crippen molar-refractivity contribution in [2.24, 2.45) is 27.4 Å². The predicted octanol–water partition coefficient (Wildman–Crippen LogP) is 2.70. The van der Waals surface area contributed by atoms with Crippen molar-refractivity contribution in [2.75, 3.05) is 13.1 Å². The Kier molecular flexibility index (Phi) is 5.12. The number of guanidine groups is 2. The van der Waals surface area contributed by atoms with E-state index in [9.17, 15) is 13.2 Å². The van der Waals surface area contributed by atoms with Crippen molar-refractivity contribution < 1.29 is 13.2 Å². The summed E-state index contributed by atoms with van der Waals surface area (Å²) in [7, 11) is 0. The SMILES string of the molecule is CC1CCCN(/C(N)=N/C(N)=Nc2ccc(C(F)(F)F)cc2)C1. The maximum atomic E-state index is 12.5. The number of hydrogen-bond acceptors (Lipinski definition) is 1. The number of piperidine rings is 1. The van der Waals surface area contributed by atoms with Gasteiger partial charge in [0, 0.05) is 13.1 Å². The Hall–Kier alpha value is -2.25. The average Bonchev–Trinajstić information content (AvgIpc) is 2.46. The van der Waals surface area contributed by atoms with Gasteiger partial charge < -0.3 is 16.4 Å². The van der Waals surface area contributed by atoms with Crippen LogP contribution in [0.15, 0.2) is 34.3 Å². The summed E-state index contributed by atoms with van der Waals surface area (Å²) in [6, 6.07) is 4.38. The molecule has 5 nitrogen and oxygen atoms in total. The van der Waals surface area contributed by atoms with Crippen molar-refractivity contribution >= 4 is 17.6 Å². The smallest absolute Gasteiger partial charge is 0.369 e. The number of alkyl halides is 3. The lowest BCUT2D eigenvalue weighted by Crippen LogP contribution is -2.44. The number of nitrogens with two attached hydrogens (primary N) is 2. The van der Waals surface area contributed by atoms with Gasteiger partial charge in [-0.1, -0.05) is 6.92 Å². The Balaban J connectivity index is 2.08. The van der Waals surface area contributed by atoms with Gasteiger partial charge in [-0.15, -0.1) is 0 Å². The monoisotopic (exact) mass is 327 g/mol. The van der Waals surface area contributed by atoms with Crippen LogP contribution in [0.2, 0.25) is 0 Å². The van der Waals surface area contributed by atoms with E-state index in [1.165, 1.54) is 12.1 Å². The highest BCUT2D eigenvalue weighted by Gasteiger charge is 2.29. The minimum atomic E-state index is -4.37. The lowest BCUT2D eigenvalue weighted by atomic mass is 10.0. The molecule has 2 rings (SSSR count). The van der Waals surface area contributed by atoms with Crippen LogP contribution in [0.3, 0.4) is 0 Å². The molecule has 0 saturated carbocycles. The molecule has 0 aromatic heterocycles. The Morgan fingerprint density at radius 2 is 1.87 bits per heavy atom. The standard InChI is InChI=1S/C15H20F3N5/c1-10-3-2-8-23(9-10)14(20)22-13(19)21-12-6-4-11(5-7-12)15(16,17)18/h4-7,10H,2-3,8-9H2,1H3,(H4,19,20,21,22). The zero-order valence-corrected chi connectivity index (χ0v) is 12.8. The molecule has 0 radical (unpaired) electrons. The van der Waals surface area contributed by atoms with Gasteiger partial charge in [-0.25, -0.2) is 4.99 Å². The molecule has 4 N–H and O–H groups in total. The van der Waals surface area contributed by atoms with E-state index in [2.05, 4.69) is 16.9 Å². The fourth-order valence-electron chi connectivity index (χ4n) is 2.47. The number of hydrogen-bond donors (Lipinski definition) is 2. The lowest BCUT2D eigenvalue weighted by molar-refractivity contribution is -0.137. The highest BCUT2D eigenvalue weighted by atomic mass is 19.4. The minimum Gasteiger partial charge on any atom is -0.369 e. The van der Waals surface area contributed by atoms with Gasteiger partial charge >= 0.3 is 6.18 Å². The van der Waals surface area contributed by atoms with Crippen molar-refractivity contribution in [3.05, 3.63) is 29.8 Å². The van der Waals surface area contributed by atoms with Crippen LogP contribution < -0.4 is 11.5 Å². The molecule has 1 saturated heterocycles. The molecule has 0 bridgehead atoms. The van der Waals surface area contributed by atoms with Crippen LogP contribution in [0.1, 0.15) is 25.3 Å². The van der Waals surface area contributed by atoms with Crippen molar-refractivity contribution in [2.45, 2.75) is 25.9 Å². The van der Waals surface area contributed by atoms with Crippen molar-refractivity contribution in [1.29, 1.82) is 0 Å². The molecule has 1 aliphatic rings. The molecule has 1 aliphatic heterocycles. The van der Waals surface area contributed by atoms with E-state index in [1.54, 1.807) is 0 Å². The molecule has 1 unspecified atom stereocenters. The molecule has 1 fully saturated rings. The third kappa shape index (κ3) is 4.87. The maximum Gasteiger partial charge on any atom is 0.416 e. The van der Waals surface area contributed by atoms with Crippen LogP contribution in [-0.4, -0.2) is 29.9 Å². The molecular formula is C15H20F3N5. The molecule has 1 aromatic carbocycles. The number of benzene rings is 1. The lowest BCUT2D eigenvalue weighted by Gasteiger charge is -2.31. The molecule has 8 heteroatoms. The second kappa shape index (κ2) is 6.89. The Morgan fingerprint density at radius 3 is 2.43 bits per heavy atom. The minimum absolute atomic E-state index is 0.0829. The highest BCUT2D eigenvalue weighted by molar-refractivity contribution is 5.94. The van der Waals surface area contributed by atoms with E-state index in [0.29, 0.717) is 11.6 Å². The van der Waals surface area contributed by atoms with E-state index in [1.807, 2.05) is 4.90 Å². The van der Waals surface area contributed by atoms with Gasteiger partial charge in [-0.2, -0.15) is 18.2 Å². The molecule has 126 valence electrons. The van der Waals surface area contributed by atoms with Gasteiger partial charge in [0.2, 0.25) is 5.96 Å². The van der Waals surface area contributed by atoms with Gasteiger partial charge in [0.1, 0.15) is 0 Å². The van der Waals surface area contributed by atoms with Crippen molar-refractivity contribution in [3.8, 4) is 0 Å². The second-order valence-corrected chi connectivity index (χ2v) is 5.68. The number of likely N-dealkylation sites (tertiary alicyclic amines) is 1. The van der Waals surface area contributed by atoms with E-state index < -0.39 is 11.7 Å². The molecule has 23 heavy (non-hydrogen) atoms. The summed E-state index contributed by atoms with van der Waals surface area (Å²) in [4.78, 5) is 9.93. The van der Waals surface area contributed by atoms with E-state index in [0.717, 1.165) is 38.1 Å². The van der Waals surface area contributed by atoms with E-state index in [-0.39, 0.29) is 11.9 Å². The Morgan fingerprint density at radius 1 is 1.22 bits per heavy atom. The molecule has 0 amide bonds. The van der Waals surface area contributed by atoms with Crippen LogP contribution in [-0.2, 0) is 6.18 Å². The largest absolute Gasteiger partial charge is 0.416 e. The summed E-state index contributed by atoms with van der Waals surface area (Å²) in [5, 5.41) is 0. The fraction of sp³-hybridized carbons (Fsp3) is 0.467. The average molecular weight is 327 g/mol. The predicted molar refractivity (Wildman–Crippen MR) is 84.3 cm³/mol. The highest BCUT2D eigenvalue weighted by Crippen LogP contribution is 2.30. The van der Waals surface area contributed by atoms with Crippen LogP contribution in [0.5, 0.6) is 0 Å². The number of rotatable bonds is 1. The van der Waals surface area contributed by atoms with Gasteiger partial charge in [0.25, 0.3) is 0 Å². The molecule has 1 heterocycles.